The maximum absolute atomic E-state index is 13.8. The molecule has 5 rings (SSSR count). The molecule has 0 bridgehead atoms. The number of phenolic OH excluding ortho intramolecular Hbond substituents is 1. The molecule has 0 radical (unpaired) electrons. The minimum atomic E-state index is -0.985. The Labute approximate surface area is 211 Å². The maximum Gasteiger partial charge on any atom is 0.325 e. The number of para-hydroxylation sites is 1. The Bertz CT molecular complexity index is 1110. The summed E-state index contributed by atoms with van der Waals surface area (Å²) in [5.41, 5.74) is 0.704. The average Bonchev–Trinajstić information content (AvgIpc) is 3.65. The number of imide groups is 1. The number of carbonyl (C=O) groups is 2. The number of carbonyl (C=O) groups excluding carboxylic acids is 2. The van der Waals surface area contributed by atoms with E-state index in [1.165, 1.54) is 4.90 Å². The van der Waals surface area contributed by atoms with E-state index >= 15 is 0 Å². The van der Waals surface area contributed by atoms with Crippen LogP contribution in [0.1, 0.15) is 36.8 Å². The summed E-state index contributed by atoms with van der Waals surface area (Å²) in [4.78, 5) is 30.6. The number of ether oxygens (including phenoxy) is 1. The van der Waals surface area contributed by atoms with Crippen LogP contribution in [0.3, 0.4) is 0 Å². The van der Waals surface area contributed by atoms with E-state index in [-0.39, 0.29) is 23.6 Å². The molecular formula is C27H32ClN3O4. The smallest absolute Gasteiger partial charge is 0.325 e. The van der Waals surface area contributed by atoms with Gasteiger partial charge in [-0.2, -0.15) is 0 Å². The summed E-state index contributed by atoms with van der Waals surface area (Å²) in [6.07, 6.45) is 4.06. The predicted molar refractivity (Wildman–Crippen MR) is 134 cm³/mol. The number of methoxy groups -OCH3 is 1. The van der Waals surface area contributed by atoms with Crippen LogP contribution in [0.25, 0.3) is 0 Å². The Morgan fingerprint density at radius 2 is 1.77 bits per heavy atom. The van der Waals surface area contributed by atoms with Gasteiger partial charge in [-0.15, -0.1) is 0 Å². The molecule has 2 aliphatic heterocycles. The van der Waals surface area contributed by atoms with Gasteiger partial charge >= 0.3 is 6.03 Å². The van der Waals surface area contributed by atoms with E-state index in [4.69, 9.17) is 16.3 Å². The van der Waals surface area contributed by atoms with Crippen LogP contribution in [0.2, 0.25) is 5.02 Å². The van der Waals surface area contributed by atoms with Gasteiger partial charge < -0.3 is 15.2 Å². The first-order chi connectivity index (χ1) is 16.9. The molecule has 0 spiro atoms. The van der Waals surface area contributed by atoms with Gasteiger partial charge in [0.2, 0.25) is 0 Å². The number of benzene rings is 2. The monoisotopic (exact) mass is 497 g/mol. The lowest BCUT2D eigenvalue weighted by Gasteiger charge is -2.41. The highest BCUT2D eigenvalue weighted by molar-refractivity contribution is 6.31. The van der Waals surface area contributed by atoms with Gasteiger partial charge in [0.1, 0.15) is 5.54 Å². The van der Waals surface area contributed by atoms with Crippen molar-refractivity contribution in [2.75, 3.05) is 26.7 Å². The lowest BCUT2D eigenvalue weighted by atomic mass is 9.73. The van der Waals surface area contributed by atoms with Crippen LogP contribution in [-0.4, -0.2) is 59.1 Å². The number of piperidine rings is 1. The van der Waals surface area contributed by atoms with Gasteiger partial charge in [-0.1, -0.05) is 41.9 Å². The van der Waals surface area contributed by atoms with Gasteiger partial charge in [-0.3, -0.25) is 14.6 Å². The van der Waals surface area contributed by atoms with E-state index in [0.29, 0.717) is 36.2 Å². The quantitative estimate of drug-likeness (QED) is 0.534. The number of aromatic hydroxyl groups is 1. The molecule has 2 aromatic carbocycles. The lowest BCUT2D eigenvalue weighted by molar-refractivity contribution is -0.134. The van der Waals surface area contributed by atoms with E-state index in [1.807, 2.05) is 36.4 Å². The summed E-state index contributed by atoms with van der Waals surface area (Å²) >= 11 is 6.49. The standard InChI is InChI=1S/C27H32ClN3O4/c1-35-23-8-4-6-20(24(23)32)17-30-13-11-21(12-14-30)27(15-19-5-2-3-7-22(19)28)25(33)31(26(34)29-27)16-18-9-10-18/h2-8,18,21,32H,9-17H2,1H3,(H,29,34)/t27-/m0/s1. The summed E-state index contributed by atoms with van der Waals surface area (Å²) < 4.78 is 5.24. The number of nitrogens with zero attached hydrogens (tertiary/aromatic N) is 2. The first-order valence-electron chi connectivity index (χ1n) is 12.4. The van der Waals surface area contributed by atoms with Gasteiger partial charge in [0, 0.05) is 30.1 Å². The summed E-state index contributed by atoms with van der Waals surface area (Å²) in [5.74, 6) is 0.943. The van der Waals surface area contributed by atoms with Crippen molar-refractivity contribution in [1.29, 1.82) is 0 Å². The molecule has 7 nitrogen and oxygen atoms in total. The molecule has 8 heteroatoms. The fourth-order valence-electron chi connectivity index (χ4n) is 5.54. The second-order valence-corrected chi connectivity index (χ2v) is 10.5. The van der Waals surface area contributed by atoms with Gasteiger partial charge in [0.15, 0.2) is 11.5 Å². The molecule has 186 valence electrons. The summed E-state index contributed by atoms with van der Waals surface area (Å²) in [6.45, 7) is 2.62. The van der Waals surface area contributed by atoms with Gasteiger partial charge in [-0.25, -0.2) is 4.79 Å². The Morgan fingerprint density at radius 3 is 2.46 bits per heavy atom. The molecule has 1 saturated carbocycles. The minimum absolute atomic E-state index is 0.00502. The van der Waals surface area contributed by atoms with Crippen LogP contribution in [0.5, 0.6) is 11.5 Å². The van der Waals surface area contributed by atoms with E-state index in [1.54, 1.807) is 13.2 Å². The van der Waals surface area contributed by atoms with Gasteiger partial charge in [0.25, 0.3) is 5.91 Å². The molecule has 2 aromatic rings. The number of likely N-dealkylation sites (tertiary alicyclic amines) is 1. The molecule has 1 aliphatic carbocycles. The summed E-state index contributed by atoms with van der Waals surface area (Å²) in [7, 11) is 1.54. The molecule has 3 amide bonds. The normalized spacial score (nSPS) is 23.5. The third-order valence-corrected chi connectivity index (χ3v) is 8.12. The number of phenols is 1. The molecule has 2 N–H and O–H groups in total. The van der Waals surface area contributed by atoms with Crippen LogP contribution in [-0.2, 0) is 17.8 Å². The van der Waals surface area contributed by atoms with Crippen molar-refractivity contribution in [2.45, 2.75) is 44.2 Å². The number of halogens is 1. The van der Waals surface area contributed by atoms with Crippen LogP contribution in [0.15, 0.2) is 42.5 Å². The molecule has 2 saturated heterocycles. The van der Waals surface area contributed by atoms with E-state index < -0.39 is 5.54 Å². The van der Waals surface area contributed by atoms with Crippen LogP contribution >= 0.6 is 11.6 Å². The number of hydrogen-bond donors (Lipinski definition) is 2. The molecule has 35 heavy (non-hydrogen) atoms. The molecular weight excluding hydrogens is 466 g/mol. The van der Waals surface area contributed by atoms with Gasteiger partial charge in [0.05, 0.1) is 7.11 Å². The third kappa shape index (κ3) is 4.71. The summed E-state index contributed by atoms with van der Waals surface area (Å²) in [5, 5.41) is 14.2. The second kappa shape index (κ2) is 9.70. The zero-order valence-electron chi connectivity index (χ0n) is 20.0. The van der Waals surface area contributed by atoms with Crippen molar-refractivity contribution in [3.05, 3.63) is 58.6 Å². The fourth-order valence-corrected chi connectivity index (χ4v) is 5.74. The Morgan fingerprint density at radius 1 is 1.06 bits per heavy atom. The molecule has 3 fully saturated rings. The lowest BCUT2D eigenvalue weighted by Crippen LogP contribution is -2.57. The van der Waals surface area contributed by atoms with Crippen molar-refractivity contribution in [3.63, 3.8) is 0 Å². The molecule has 2 heterocycles. The van der Waals surface area contributed by atoms with Crippen molar-refractivity contribution in [2.24, 2.45) is 11.8 Å². The number of nitrogens with one attached hydrogen (secondary N) is 1. The van der Waals surface area contributed by atoms with Crippen LogP contribution < -0.4 is 10.1 Å². The van der Waals surface area contributed by atoms with Crippen molar-refractivity contribution < 1.29 is 19.4 Å². The average molecular weight is 498 g/mol. The number of rotatable bonds is 8. The maximum atomic E-state index is 13.8. The first kappa shape index (κ1) is 23.9. The zero-order valence-corrected chi connectivity index (χ0v) is 20.8. The largest absolute Gasteiger partial charge is 0.504 e. The SMILES string of the molecule is COc1cccc(CN2CCC([C@]3(Cc4ccccc4Cl)NC(=O)N(CC4CC4)C3=O)CC2)c1O. The fraction of sp³-hybridized carbons (Fsp3) is 0.481. The highest BCUT2D eigenvalue weighted by Crippen LogP contribution is 2.40. The minimum Gasteiger partial charge on any atom is -0.504 e. The van der Waals surface area contributed by atoms with Crippen molar-refractivity contribution >= 4 is 23.5 Å². The number of amides is 3. The Kier molecular flexibility index (Phi) is 6.64. The first-order valence-corrected chi connectivity index (χ1v) is 12.7. The Hall–Kier alpha value is -2.77. The predicted octanol–water partition coefficient (Wildman–Crippen LogP) is 4.21. The summed E-state index contributed by atoms with van der Waals surface area (Å²) in [6, 6.07) is 12.8. The van der Waals surface area contributed by atoms with Crippen molar-refractivity contribution in [3.8, 4) is 11.5 Å². The Balaban J connectivity index is 1.35. The second-order valence-electron chi connectivity index (χ2n) is 10.0. The van der Waals surface area contributed by atoms with E-state index in [2.05, 4.69) is 10.2 Å². The zero-order chi connectivity index (χ0) is 24.6. The van der Waals surface area contributed by atoms with E-state index in [0.717, 1.165) is 49.9 Å². The van der Waals surface area contributed by atoms with Crippen LogP contribution in [0, 0.1) is 11.8 Å². The molecule has 1 atom stereocenters. The highest BCUT2D eigenvalue weighted by atomic mass is 35.5. The third-order valence-electron chi connectivity index (χ3n) is 7.75. The van der Waals surface area contributed by atoms with Crippen molar-refractivity contribution in [1.82, 2.24) is 15.1 Å². The van der Waals surface area contributed by atoms with Gasteiger partial charge in [-0.05, 0) is 68.3 Å². The number of urea groups is 1. The molecule has 3 aliphatic rings. The molecule has 0 unspecified atom stereocenters. The topological polar surface area (TPSA) is 82.1 Å². The van der Waals surface area contributed by atoms with Crippen LogP contribution in [0.4, 0.5) is 4.79 Å². The van der Waals surface area contributed by atoms with E-state index in [9.17, 15) is 14.7 Å². The highest BCUT2D eigenvalue weighted by Gasteiger charge is 2.56. The molecule has 0 aromatic heterocycles. The number of hydrogen-bond acceptors (Lipinski definition) is 5.